The van der Waals surface area contributed by atoms with Gasteiger partial charge in [-0.3, -0.25) is 14.6 Å². The Balaban J connectivity index is 1.87. The van der Waals surface area contributed by atoms with E-state index in [9.17, 15) is 14.0 Å². The van der Waals surface area contributed by atoms with Gasteiger partial charge < -0.3 is 21.1 Å². The minimum atomic E-state index is -0.848. The molecular formula is C25H33FN8O3. The number of primary amides is 1. The summed E-state index contributed by atoms with van der Waals surface area (Å²) in [5.74, 6) is -2.11. The molecule has 0 aliphatic rings. The molecule has 37 heavy (non-hydrogen) atoms. The van der Waals surface area contributed by atoms with Crippen molar-refractivity contribution < 1.29 is 18.7 Å². The Morgan fingerprint density at radius 1 is 1.19 bits per heavy atom. The fourth-order valence-corrected chi connectivity index (χ4v) is 3.75. The van der Waals surface area contributed by atoms with Crippen LogP contribution in [0.15, 0.2) is 30.7 Å². The van der Waals surface area contributed by atoms with Crippen molar-refractivity contribution in [3.8, 4) is 5.69 Å². The second-order valence-electron chi connectivity index (χ2n) is 9.74. The average molecular weight is 513 g/mol. The first-order chi connectivity index (χ1) is 17.4. The second-order valence-corrected chi connectivity index (χ2v) is 9.74. The SMILES string of the molecule is CC[C@H](CC(=O)OC(C)(C)C)[C@@H](C)Nc1nc(Nc2cnc(C)c(-n3nccn3)c2)c(C(N)=O)cc1F. The maximum absolute atomic E-state index is 15.0. The number of hydrogen-bond acceptors (Lipinski definition) is 9. The van der Waals surface area contributed by atoms with Crippen LogP contribution < -0.4 is 16.4 Å². The molecule has 0 saturated carbocycles. The Kier molecular flexibility index (Phi) is 8.41. The lowest BCUT2D eigenvalue weighted by molar-refractivity contribution is -0.156. The third-order valence-corrected chi connectivity index (χ3v) is 5.64. The standard InChI is InChI=1S/C25H33FN8O3/c1-7-16(10-21(35)37-25(4,5)6)14(2)31-24-19(26)12-18(22(27)36)23(33-24)32-17-11-20(15(3)28-13-17)34-29-8-9-30-34/h8-9,11-14,16H,7,10H2,1-6H3,(H2,27,36)(H2,31,32,33)/t14-,16-/m1/s1. The van der Waals surface area contributed by atoms with Gasteiger partial charge in [-0.05, 0) is 52.7 Å². The molecule has 0 spiro atoms. The fourth-order valence-electron chi connectivity index (χ4n) is 3.75. The number of pyridine rings is 2. The molecule has 0 aromatic carbocycles. The molecule has 3 aromatic rings. The molecule has 2 atom stereocenters. The summed E-state index contributed by atoms with van der Waals surface area (Å²) in [6.07, 6.45) is 5.43. The van der Waals surface area contributed by atoms with Crippen molar-refractivity contribution in [2.24, 2.45) is 11.7 Å². The van der Waals surface area contributed by atoms with Gasteiger partial charge in [0.15, 0.2) is 11.6 Å². The van der Waals surface area contributed by atoms with Crippen LogP contribution in [0.5, 0.6) is 0 Å². The van der Waals surface area contributed by atoms with Gasteiger partial charge in [-0.2, -0.15) is 10.2 Å². The Labute approximate surface area is 215 Å². The topological polar surface area (TPSA) is 150 Å². The summed E-state index contributed by atoms with van der Waals surface area (Å²) >= 11 is 0. The third-order valence-electron chi connectivity index (χ3n) is 5.64. The van der Waals surface area contributed by atoms with Crippen LogP contribution in [0.2, 0.25) is 0 Å². The lowest BCUT2D eigenvalue weighted by Gasteiger charge is -2.26. The van der Waals surface area contributed by atoms with Crippen LogP contribution in [0, 0.1) is 18.7 Å². The number of hydrogen-bond donors (Lipinski definition) is 3. The molecule has 0 radical (unpaired) electrons. The van der Waals surface area contributed by atoms with Gasteiger partial charge in [-0.25, -0.2) is 9.37 Å². The van der Waals surface area contributed by atoms with Crippen LogP contribution in [0.4, 0.5) is 21.7 Å². The molecule has 0 saturated heterocycles. The summed E-state index contributed by atoms with van der Waals surface area (Å²) in [7, 11) is 0. The molecule has 0 fully saturated rings. The number of carbonyl (C=O) groups excluding carboxylic acids is 2. The van der Waals surface area contributed by atoms with E-state index in [1.165, 1.54) is 17.2 Å². The molecule has 0 bridgehead atoms. The van der Waals surface area contributed by atoms with Crippen LogP contribution >= 0.6 is 0 Å². The highest BCUT2D eigenvalue weighted by molar-refractivity contribution is 5.98. The van der Waals surface area contributed by atoms with E-state index < -0.39 is 17.3 Å². The van der Waals surface area contributed by atoms with Gasteiger partial charge in [0, 0.05) is 6.04 Å². The van der Waals surface area contributed by atoms with E-state index in [1.807, 2.05) is 13.8 Å². The van der Waals surface area contributed by atoms with Crippen LogP contribution in [0.1, 0.15) is 63.5 Å². The fraction of sp³-hybridized carbons (Fsp3) is 0.440. The number of rotatable bonds is 10. The van der Waals surface area contributed by atoms with E-state index in [2.05, 4.69) is 30.8 Å². The third kappa shape index (κ3) is 7.21. The van der Waals surface area contributed by atoms with E-state index in [4.69, 9.17) is 10.5 Å². The molecule has 3 rings (SSSR count). The lowest BCUT2D eigenvalue weighted by atomic mass is 9.94. The Bertz CT molecular complexity index is 1260. The summed E-state index contributed by atoms with van der Waals surface area (Å²) in [6.45, 7) is 11.0. The highest BCUT2D eigenvalue weighted by Gasteiger charge is 2.25. The lowest BCUT2D eigenvalue weighted by Crippen LogP contribution is -2.31. The molecule has 0 aliphatic heterocycles. The number of nitrogens with two attached hydrogens (primary N) is 1. The zero-order valence-corrected chi connectivity index (χ0v) is 21.9. The summed E-state index contributed by atoms with van der Waals surface area (Å²) in [6, 6.07) is 2.42. The van der Waals surface area contributed by atoms with Crippen LogP contribution in [-0.2, 0) is 9.53 Å². The smallest absolute Gasteiger partial charge is 0.306 e. The molecule has 1 amide bonds. The van der Waals surface area contributed by atoms with Crippen molar-refractivity contribution >= 4 is 29.2 Å². The number of carbonyl (C=O) groups is 2. The minimum absolute atomic E-state index is 0.0498. The number of amides is 1. The Morgan fingerprint density at radius 3 is 2.46 bits per heavy atom. The highest BCUT2D eigenvalue weighted by Crippen LogP contribution is 2.27. The van der Waals surface area contributed by atoms with Crippen molar-refractivity contribution in [1.82, 2.24) is 25.0 Å². The van der Waals surface area contributed by atoms with Crippen molar-refractivity contribution in [1.29, 1.82) is 0 Å². The summed E-state index contributed by atoms with van der Waals surface area (Å²) in [5, 5.41) is 14.3. The number of halogens is 1. The number of esters is 1. The minimum Gasteiger partial charge on any atom is -0.460 e. The maximum atomic E-state index is 15.0. The van der Waals surface area contributed by atoms with Crippen molar-refractivity contribution in [2.75, 3.05) is 10.6 Å². The van der Waals surface area contributed by atoms with Crippen LogP contribution in [-0.4, -0.2) is 48.5 Å². The van der Waals surface area contributed by atoms with Gasteiger partial charge in [0.05, 0.1) is 42.0 Å². The number of nitrogens with zero attached hydrogens (tertiary/aromatic N) is 5. The first-order valence-electron chi connectivity index (χ1n) is 12.0. The van der Waals surface area contributed by atoms with Crippen molar-refractivity contribution in [3.63, 3.8) is 0 Å². The summed E-state index contributed by atoms with van der Waals surface area (Å²) in [4.78, 5) is 34.5. The van der Waals surface area contributed by atoms with Crippen LogP contribution in [0.25, 0.3) is 5.69 Å². The zero-order valence-electron chi connectivity index (χ0n) is 21.9. The summed E-state index contributed by atoms with van der Waals surface area (Å²) in [5.41, 5.74) is 6.53. The van der Waals surface area contributed by atoms with Crippen molar-refractivity contribution in [2.45, 2.75) is 66.0 Å². The Hall–Kier alpha value is -4.09. The van der Waals surface area contributed by atoms with E-state index in [-0.39, 0.29) is 41.5 Å². The predicted molar refractivity (Wildman–Crippen MR) is 137 cm³/mol. The predicted octanol–water partition coefficient (Wildman–Crippen LogP) is 3.91. The van der Waals surface area contributed by atoms with E-state index >= 15 is 0 Å². The zero-order chi connectivity index (χ0) is 27.3. The Morgan fingerprint density at radius 2 is 1.86 bits per heavy atom. The molecule has 0 aliphatic carbocycles. The monoisotopic (exact) mass is 512 g/mol. The molecular weight excluding hydrogens is 479 g/mol. The first kappa shape index (κ1) is 27.5. The van der Waals surface area contributed by atoms with Gasteiger partial charge in [0.25, 0.3) is 5.91 Å². The average Bonchev–Trinajstić information content (AvgIpc) is 3.34. The van der Waals surface area contributed by atoms with E-state index in [0.717, 1.165) is 6.07 Å². The number of anilines is 3. The van der Waals surface area contributed by atoms with Gasteiger partial charge in [-0.1, -0.05) is 13.3 Å². The summed E-state index contributed by atoms with van der Waals surface area (Å²) < 4.78 is 20.4. The molecule has 11 nitrogen and oxygen atoms in total. The molecule has 3 aromatic heterocycles. The number of nitrogens with one attached hydrogen (secondary N) is 2. The molecule has 3 heterocycles. The highest BCUT2D eigenvalue weighted by atomic mass is 19.1. The van der Waals surface area contributed by atoms with E-state index in [0.29, 0.717) is 23.5 Å². The largest absolute Gasteiger partial charge is 0.460 e. The van der Waals surface area contributed by atoms with Crippen LogP contribution in [0.3, 0.4) is 0 Å². The molecule has 4 N–H and O–H groups in total. The van der Waals surface area contributed by atoms with E-state index in [1.54, 1.807) is 40.0 Å². The molecule has 0 unspecified atom stereocenters. The quantitative estimate of drug-likeness (QED) is 0.344. The number of aryl methyl sites for hydroxylation is 1. The maximum Gasteiger partial charge on any atom is 0.306 e. The number of ether oxygens (including phenoxy) is 1. The second kappa shape index (κ2) is 11.3. The normalized spacial score (nSPS) is 13.1. The molecule has 12 heteroatoms. The van der Waals surface area contributed by atoms with Gasteiger partial charge in [-0.15, -0.1) is 4.80 Å². The van der Waals surface area contributed by atoms with Gasteiger partial charge in [0.1, 0.15) is 17.1 Å². The van der Waals surface area contributed by atoms with Gasteiger partial charge in [0.2, 0.25) is 0 Å². The van der Waals surface area contributed by atoms with Gasteiger partial charge >= 0.3 is 5.97 Å². The molecule has 198 valence electrons. The van der Waals surface area contributed by atoms with Crippen molar-refractivity contribution in [3.05, 3.63) is 47.8 Å². The number of aromatic nitrogens is 5. The first-order valence-corrected chi connectivity index (χ1v) is 12.0.